The molecule has 0 heterocycles. The van der Waals surface area contributed by atoms with Crippen molar-refractivity contribution in [2.24, 2.45) is 0 Å². The smallest absolute Gasteiger partial charge is 0.134 e. The topological polar surface area (TPSA) is 24.1 Å². The summed E-state index contributed by atoms with van der Waals surface area (Å²) in [5, 5.41) is 6.65. The van der Waals surface area contributed by atoms with Gasteiger partial charge in [-0.25, -0.2) is 0 Å². The van der Waals surface area contributed by atoms with Gasteiger partial charge in [0.1, 0.15) is 8.64 Å². The molecular formula is C8H16N2S4. The number of thiocarbonyl (C=S) groups is 2. The summed E-state index contributed by atoms with van der Waals surface area (Å²) in [7, 11) is 0. The molecule has 0 aliphatic rings. The van der Waals surface area contributed by atoms with Crippen molar-refractivity contribution >= 4 is 57.5 Å². The molecule has 0 saturated carbocycles. The molecule has 0 fully saturated rings. The highest BCUT2D eigenvalue weighted by Crippen LogP contribution is 2.13. The van der Waals surface area contributed by atoms with Crippen molar-refractivity contribution in [2.75, 3.05) is 13.1 Å². The van der Waals surface area contributed by atoms with Crippen molar-refractivity contribution < 1.29 is 0 Å². The molecule has 0 aromatic heterocycles. The van der Waals surface area contributed by atoms with Crippen LogP contribution in [0.15, 0.2) is 0 Å². The van der Waals surface area contributed by atoms with Crippen molar-refractivity contribution in [1.82, 2.24) is 10.6 Å². The first-order chi connectivity index (χ1) is 6.56. The first-order valence-electron chi connectivity index (χ1n) is 4.47. The van der Waals surface area contributed by atoms with Crippen LogP contribution in [0.4, 0.5) is 0 Å². The fourth-order valence-corrected chi connectivity index (χ4v) is 2.17. The van der Waals surface area contributed by atoms with Crippen LogP contribution >= 0.6 is 48.8 Å². The fourth-order valence-electron chi connectivity index (χ4n) is 0.642. The number of rotatable bonds is 5. The molecule has 1 atom stereocenters. The van der Waals surface area contributed by atoms with Crippen LogP contribution in [0.25, 0.3) is 0 Å². The maximum Gasteiger partial charge on any atom is 0.134 e. The maximum absolute atomic E-state index is 5.15. The minimum absolute atomic E-state index is 0.521. The van der Waals surface area contributed by atoms with Crippen molar-refractivity contribution in [1.29, 1.82) is 0 Å². The normalized spacial score (nSPS) is 11.9. The van der Waals surface area contributed by atoms with Gasteiger partial charge in [0, 0.05) is 18.3 Å². The van der Waals surface area contributed by atoms with Gasteiger partial charge in [0.2, 0.25) is 0 Å². The van der Waals surface area contributed by atoms with Crippen LogP contribution in [0.1, 0.15) is 20.3 Å². The minimum Gasteiger partial charge on any atom is -0.369 e. The van der Waals surface area contributed by atoms with E-state index in [1.807, 2.05) is 0 Å². The van der Waals surface area contributed by atoms with Crippen molar-refractivity contribution in [3.63, 3.8) is 0 Å². The molecule has 6 heteroatoms. The lowest BCUT2D eigenvalue weighted by atomic mass is 10.4. The lowest BCUT2D eigenvalue weighted by Crippen LogP contribution is -2.31. The molecule has 2 N–H and O–H groups in total. The third kappa shape index (κ3) is 9.05. The zero-order valence-corrected chi connectivity index (χ0v) is 11.7. The largest absolute Gasteiger partial charge is 0.369 e. The number of nitrogens with one attached hydrogen (secondary N) is 2. The highest BCUT2D eigenvalue weighted by Gasteiger charge is 2.02. The number of hydrogen-bond donors (Lipinski definition) is 3. The summed E-state index contributed by atoms with van der Waals surface area (Å²) >= 11 is 15.5. The molecule has 0 aliphatic heterocycles. The highest BCUT2D eigenvalue weighted by molar-refractivity contribution is 8.23. The Labute approximate surface area is 106 Å². The lowest BCUT2D eigenvalue weighted by Gasteiger charge is -2.11. The van der Waals surface area contributed by atoms with Gasteiger partial charge in [0.05, 0.1) is 0 Å². The predicted octanol–water partition coefficient (Wildman–Crippen LogP) is 2.20. The van der Waals surface area contributed by atoms with Crippen molar-refractivity contribution in [3.05, 3.63) is 0 Å². The van der Waals surface area contributed by atoms with E-state index in [9.17, 15) is 0 Å². The van der Waals surface area contributed by atoms with E-state index in [0.717, 1.165) is 23.8 Å². The second-order valence-corrected chi connectivity index (χ2v) is 6.06. The quantitative estimate of drug-likeness (QED) is 0.403. The van der Waals surface area contributed by atoms with Gasteiger partial charge in [-0.3, -0.25) is 0 Å². The zero-order valence-electron chi connectivity index (χ0n) is 8.37. The predicted molar refractivity (Wildman–Crippen MR) is 77.5 cm³/mol. The molecule has 14 heavy (non-hydrogen) atoms. The molecule has 0 amide bonds. The van der Waals surface area contributed by atoms with Gasteiger partial charge in [0.15, 0.2) is 0 Å². The second kappa shape index (κ2) is 8.76. The average Bonchev–Trinajstić information content (AvgIpc) is 2.12. The van der Waals surface area contributed by atoms with Gasteiger partial charge in [-0.05, 0) is 6.42 Å². The Morgan fingerprint density at radius 2 is 1.93 bits per heavy atom. The first-order valence-corrected chi connectivity index (χ1v) is 6.61. The van der Waals surface area contributed by atoms with Gasteiger partial charge in [-0.1, -0.05) is 50.0 Å². The number of thiol groups is 1. The van der Waals surface area contributed by atoms with E-state index in [1.54, 1.807) is 11.8 Å². The Morgan fingerprint density at radius 3 is 2.43 bits per heavy atom. The Kier molecular flexibility index (Phi) is 9.06. The first kappa shape index (κ1) is 14.5. The van der Waals surface area contributed by atoms with E-state index < -0.39 is 0 Å². The Balaban J connectivity index is 3.40. The van der Waals surface area contributed by atoms with E-state index in [-0.39, 0.29) is 0 Å². The molecule has 0 aliphatic carbocycles. The monoisotopic (exact) mass is 268 g/mol. The molecule has 0 radical (unpaired) electrons. The summed E-state index contributed by atoms with van der Waals surface area (Å²) in [5.41, 5.74) is 0. The second-order valence-electron chi connectivity index (χ2n) is 2.78. The van der Waals surface area contributed by atoms with Gasteiger partial charge < -0.3 is 10.6 Å². The lowest BCUT2D eigenvalue weighted by molar-refractivity contribution is 0.832. The van der Waals surface area contributed by atoms with Crippen LogP contribution < -0.4 is 10.6 Å². The van der Waals surface area contributed by atoms with Gasteiger partial charge in [-0.15, -0.1) is 12.6 Å². The van der Waals surface area contributed by atoms with Gasteiger partial charge in [-0.2, -0.15) is 0 Å². The minimum atomic E-state index is 0.521. The molecule has 1 unspecified atom stereocenters. The van der Waals surface area contributed by atoms with E-state index in [2.05, 4.69) is 37.1 Å². The van der Waals surface area contributed by atoms with E-state index in [0.29, 0.717) is 9.57 Å². The van der Waals surface area contributed by atoms with Gasteiger partial charge in [0.25, 0.3) is 0 Å². The summed E-state index contributed by atoms with van der Waals surface area (Å²) < 4.78 is 1.37. The summed E-state index contributed by atoms with van der Waals surface area (Å²) in [5.74, 6) is 0. The maximum atomic E-state index is 5.15. The summed E-state index contributed by atoms with van der Waals surface area (Å²) in [6.45, 7) is 5.85. The van der Waals surface area contributed by atoms with Crippen LogP contribution in [-0.2, 0) is 0 Å². The summed E-state index contributed by atoms with van der Waals surface area (Å²) in [4.78, 5) is 0. The van der Waals surface area contributed by atoms with E-state index >= 15 is 0 Å². The van der Waals surface area contributed by atoms with E-state index in [1.165, 1.54) is 0 Å². The third-order valence-corrected chi connectivity index (χ3v) is 3.38. The van der Waals surface area contributed by atoms with Gasteiger partial charge >= 0.3 is 0 Å². The Bertz CT molecular complexity index is 196. The summed E-state index contributed by atoms with van der Waals surface area (Å²) in [6.07, 6.45) is 1.13. The number of thioether (sulfide) groups is 1. The molecular weight excluding hydrogens is 252 g/mol. The standard InChI is InChI=1S/C8H16N2S4/c1-3-6(2)14-8(13)10-5-4-9-7(11)12/h6H,3-5H2,1-2H3,(H,10,13)(H2,9,11,12). The van der Waals surface area contributed by atoms with Crippen LogP contribution in [-0.4, -0.2) is 27.0 Å². The van der Waals surface area contributed by atoms with Crippen LogP contribution in [0, 0.1) is 0 Å². The van der Waals surface area contributed by atoms with E-state index in [4.69, 9.17) is 24.4 Å². The third-order valence-electron chi connectivity index (χ3n) is 1.55. The fraction of sp³-hybridized carbons (Fsp3) is 0.750. The zero-order chi connectivity index (χ0) is 11.0. The molecule has 0 saturated heterocycles. The Hall–Kier alpha value is 0.480. The molecule has 0 rings (SSSR count). The number of hydrogen-bond acceptors (Lipinski definition) is 3. The van der Waals surface area contributed by atoms with Crippen LogP contribution in [0.2, 0.25) is 0 Å². The molecule has 82 valence electrons. The summed E-state index contributed by atoms with van der Waals surface area (Å²) in [6, 6.07) is 0. The van der Waals surface area contributed by atoms with Crippen LogP contribution in [0.3, 0.4) is 0 Å². The SMILES string of the molecule is CCC(C)SC(=S)NCCNC(=S)S. The molecule has 0 aromatic carbocycles. The molecule has 2 nitrogen and oxygen atoms in total. The average molecular weight is 268 g/mol. The molecule has 0 aromatic rings. The van der Waals surface area contributed by atoms with Crippen molar-refractivity contribution in [3.8, 4) is 0 Å². The Morgan fingerprint density at radius 1 is 1.36 bits per heavy atom. The molecule has 0 spiro atoms. The molecule has 0 bridgehead atoms. The van der Waals surface area contributed by atoms with Crippen molar-refractivity contribution in [2.45, 2.75) is 25.5 Å². The highest BCUT2D eigenvalue weighted by atomic mass is 32.2. The van der Waals surface area contributed by atoms with Crippen LogP contribution in [0.5, 0.6) is 0 Å².